The molecular weight excluding hydrogens is 292 g/mol. The summed E-state index contributed by atoms with van der Waals surface area (Å²) in [6, 6.07) is 9.05. The SMILES string of the molecule is CC(C)(COc1c(C#N)oc2ccccc12)CS(N)(=O)=O. The van der Waals surface area contributed by atoms with Crippen LogP contribution in [0.1, 0.15) is 19.6 Å². The Morgan fingerprint density at radius 1 is 1.38 bits per heavy atom. The minimum Gasteiger partial charge on any atom is -0.488 e. The standard InChI is InChI=1S/C14H16N2O4S/c1-14(2,9-21(16,17)18)8-19-13-10-5-3-4-6-11(10)20-12(13)7-15/h3-6H,8-9H2,1-2H3,(H2,16,17,18). The van der Waals surface area contributed by atoms with E-state index in [1.807, 2.05) is 6.07 Å². The van der Waals surface area contributed by atoms with Gasteiger partial charge in [-0.3, -0.25) is 0 Å². The van der Waals surface area contributed by atoms with Gasteiger partial charge >= 0.3 is 0 Å². The van der Waals surface area contributed by atoms with Crippen molar-refractivity contribution in [1.29, 1.82) is 5.26 Å². The van der Waals surface area contributed by atoms with E-state index in [0.29, 0.717) is 16.7 Å². The lowest BCUT2D eigenvalue weighted by molar-refractivity contribution is 0.199. The zero-order valence-corrected chi connectivity index (χ0v) is 12.6. The van der Waals surface area contributed by atoms with E-state index in [2.05, 4.69) is 0 Å². The molecule has 112 valence electrons. The monoisotopic (exact) mass is 308 g/mol. The Balaban J connectivity index is 2.26. The second kappa shape index (κ2) is 5.39. The van der Waals surface area contributed by atoms with Gasteiger partial charge in [-0.2, -0.15) is 5.26 Å². The molecule has 1 aromatic carbocycles. The third kappa shape index (κ3) is 3.74. The van der Waals surface area contributed by atoms with Crippen LogP contribution < -0.4 is 9.88 Å². The molecule has 0 aliphatic heterocycles. The lowest BCUT2D eigenvalue weighted by Gasteiger charge is -2.23. The van der Waals surface area contributed by atoms with Crippen molar-refractivity contribution in [2.24, 2.45) is 10.6 Å². The first-order chi connectivity index (χ1) is 9.72. The second-order valence-electron chi connectivity index (χ2n) is 5.63. The first kappa shape index (κ1) is 15.4. The van der Waals surface area contributed by atoms with Crippen molar-refractivity contribution in [3.8, 4) is 11.8 Å². The van der Waals surface area contributed by atoms with Gasteiger partial charge in [-0.15, -0.1) is 0 Å². The van der Waals surface area contributed by atoms with E-state index in [1.165, 1.54) is 0 Å². The van der Waals surface area contributed by atoms with Crippen LogP contribution in [0.2, 0.25) is 0 Å². The smallest absolute Gasteiger partial charge is 0.246 e. The highest BCUT2D eigenvalue weighted by Crippen LogP contribution is 2.33. The van der Waals surface area contributed by atoms with Crippen LogP contribution in [0.25, 0.3) is 11.0 Å². The number of benzene rings is 1. The highest BCUT2D eigenvalue weighted by Gasteiger charge is 2.26. The summed E-state index contributed by atoms with van der Waals surface area (Å²) in [6.07, 6.45) is 0. The minimum absolute atomic E-state index is 0.0719. The molecule has 0 saturated heterocycles. The normalized spacial score (nSPS) is 12.3. The Bertz CT molecular complexity index is 800. The average molecular weight is 308 g/mol. The number of sulfonamides is 1. The molecule has 2 N–H and O–H groups in total. The molecule has 0 atom stereocenters. The van der Waals surface area contributed by atoms with Gasteiger partial charge < -0.3 is 9.15 Å². The Hall–Kier alpha value is -2.04. The number of nitrogens with two attached hydrogens (primary N) is 1. The van der Waals surface area contributed by atoms with Gasteiger partial charge in [0.05, 0.1) is 17.7 Å². The van der Waals surface area contributed by atoms with E-state index < -0.39 is 15.4 Å². The molecule has 1 heterocycles. The summed E-state index contributed by atoms with van der Waals surface area (Å²) < 4.78 is 33.4. The summed E-state index contributed by atoms with van der Waals surface area (Å²) in [5, 5.41) is 14.8. The van der Waals surface area contributed by atoms with Gasteiger partial charge in [-0.25, -0.2) is 13.6 Å². The predicted molar refractivity (Wildman–Crippen MR) is 78.2 cm³/mol. The molecule has 0 amide bonds. The van der Waals surface area contributed by atoms with E-state index in [-0.39, 0.29) is 18.1 Å². The maximum absolute atomic E-state index is 11.2. The van der Waals surface area contributed by atoms with Crippen molar-refractivity contribution in [3.05, 3.63) is 30.0 Å². The summed E-state index contributed by atoms with van der Waals surface area (Å²) in [6.45, 7) is 3.55. The number of para-hydroxylation sites is 1. The number of hydrogen-bond acceptors (Lipinski definition) is 5. The molecule has 0 aliphatic carbocycles. The predicted octanol–water partition coefficient (Wildman–Crippen LogP) is 2.00. The highest BCUT2D eigenvalue weighted by molar-refractivity contribution is 7.89. The molecule has 0 spiro atoms. The first-order valence-corrected chi connectivity index (χ1v) is 7.98. The Kier molecular flexibility index (Phi) is 3.94. The van der Waals surface area contributed by atoms with Crippen LogP contribution in [0.3, 0.4) is 0 Å². The van der Waals surface area contributed by atoms with Crippen molar-refractivity contribution < 1.29 is 17.6 Å². The van der Waals surface area contributed by atoms with Gasteiger partial charge in [-0.1, -0.05) is 26.0 Å². The van der Waals surface area contributed by atoms with E-state index in [1.54, 1.807) is 38.1 Å². The van der Waals surface area contributed by atoms with Gasteiger partial charge in [-0.05, 0) is 12.1 Å². The molecule has 2 aromatic rings. The number of rotatable bonds is 5. The zero-order valence-electron chi connectivity index (χ0n) is 11.8. The molecule has 1 aromatic heterocycles. The number of nitrogens with zero attached hydrogens (tertiary/aromatic N) is 1. The number of furan rings is 1. The fourth-order valence-corrected chi connectivity index (χ4v) is 3.27. The van der Waals surface area contributed by atoms with E-state index in [4.69, 9.17) is 19.6 Å². The molecule has 0 radical (unpaired) electrons. The average Bonchev–Trinajstić information content (AvgIpc) is 2.71. The summed E-state index contributed by atoms with van der Waals surface area (Å²) in [5.74, 6) is 0.190. The maximum atomic E-state index is 11.2. The van der Waals surface area contributed by atoms with Crippen LogP contribution >= 0.6 is 0 Å². The molecule has 21 heavy (non-hydrogen) atoms. The molecule has 0 bridgehead atoms. The molecule has 7 heteroatoms. The van der Waals surface area contributed by atoms with Crippen LogP contribution in [0, 0.1) is 16.7 Å². The first-order valence-electron chi connectivity index (χ1n) is 6.27. The van der Waals surface area contributed by atoms with Crippen LogP contribution in [0.15, 0.2) is 28.7 Å². The van der Waals surface area contributed by atoms with Gasteiger partial charge in [0.25, 0.3) is 0 Å². The Morgan fingerprint density at radius 3 is 2.67 bits per heavy atom. The van der Waals surface area contributed by atoms with Crippen molar-refractivity contribution in [2.75, 3.05) is 12.4 Å². The summed E-state index contributed by atoms with van der Waals surface area (Å²) >= 11 is 0. The second-order valence-corrected chi connectivity index (χ2v) is 7.24. The summed E-state index contributed by atoms with van der Waals surface area (Å²) in [7, 11) is -3.60. The molecule has 0 fully saturated rings. The Morgan fingerprint density at radius 2 is 2.05 bits per heavy atom. The third-order valence-corrected chi connectivity index (χ3v) is 4.03. The molecular formula is C14H16N2O4S. The lowest BCUT2D eigenvalue weighted by atomic mass is 9.98. The quantitative estimate of drug-likeness (QED) is 0.909. The fourth-order valence-electron chi connectivity index (χ4n) is 2.09. The zero-order chi connectivity index (χ0) is 15.7. The van der Waals surface area contributed by atoms with Crippen LogP contribution in [0.4, 0.5) is 0 Å². The van der Waals surface area contributed by atoms with E-state index in [9.17, 15) is 8.42 Å². The number of primary sulfonamides is 1. The van der Waals surface area contributed by atoms with Crippen molar-refractivity contribution in [1.82, 2.24) is 0 Å². The number of hydrogen-bond donors (Lipinski definition) is 1. The van der Waals surface area contributed by atoms with Crippen LogP contribution in [0.5, 0.6) is 5.75 Å². The van der Waals surface area contributed by atoms with Crippen LogP contribution in [-0.2, 0) is 10.0 Å². The molecule has 2 rings (SSSR count). The molecule has 6 nitrogen and oxygen atoms in total. The number of ether oxygens (including phenoxy) is 1. The number of nitriles is 1. The largest absolute Gasteiger partial charge is 0.488 e. The minimum atomic E-state index is -3.60. The highest BCUT2D eigenvalue weighted by atomic mass is 32.2. The maximum Gasteiger partial charge on any atom is 0.246 e. The molecule has 0 saturated carbocycles. The lowest BCUT2D eigenvalue weighted by Crippen LogP contribution is -2.33. The number of fused-ring (bicyclic) bond motifs is 1. The molecule has 0 unspecified atom stereocenters. The van der Waals surface area contributed by atoms with Gasteiger partial charge in [0, 0.05) is 5.41 Å². The third-order valence-electron chi connectivity index (χ3n) is 2.85. The summed E-state index contributed by atoms with van der Waals surface area (Å²) in [5.41, 5.74) is -0.133. The topological polar surface area (TPSA) is 106 Å². The van der Waals surface area contributed by atoms with Crippen molar-refractivity contribution >= 4 is 21.0 Å². The van der Waals surface area contributed by atoms with Gasteiger partial charge in [0.1, 0.15) is 11.7 Å². The van der Waals surface area contributed by atoms with Gasteiger partial charge in [0.2, 0.25) is 15.8 Å². The van der Waals surface area contributed by atoms with E-state index >= 15 is 0 Å². The van der Waals surface area contributed by atoms with E-state index in [0.717, 1.165) is 0 Å². The van der Waals surface area contributed by atoms with Crippen molar-refractivity contribution in [3.63, 3.8) is 0 Å². The van der Waals surface area contributed by atoms with Gasteiger partial charge in [0.15, 0.2) is 5.75 Å². The molecule has 0 aliphatic rings. The summed E-state index contributed by atoms with van der Waals surface area (Å²) in [4.78, 5) is 0. The Labute approximate surface area is 123 Å². The fraction of sp³-hybridized carbons (Fsp3) is 0.357. The van der Waals surface area contributed by atoms with Crippen molar-refractivity contribution in [2.45, 2.75) is 13.8 Å². The van der Waals surface area contributed by atoms with Crippen LogP contribution in [-0.4, -0.2) is 20.8 Å².